The van der Waals surface area contributed by atoms with E-state index < -0.39 is 5.82 Å². The molecule has 0 aliphatic carbocycles. The van der Waals surface area contributed by atoms with E-state index in [0.29, 0.717) is 10.3 Å². The molecule has 1 unspecified atom stereocenters. The van der Waals surface area contributed by atoms with Gasteiger partial charge >= 0.3 is 0 Å². The first kappa shape index (κ1) is 14.3. The summed E-state index contributed by atoms with van der Waals surface area (Å²) < 4.78 is 16.1. The summed E-state index contributed by atoms with van der Waals surface area (Å²) in [6, 6.07) is 11.3. The minimum Gasteiger partial charge on any atom is -0.330 e. The molecule has 2 nitrogen and oxygen atoms in total. The Balaban J connectivity index is 2.19. The van der Waals surface area contributed by atoms with Gasteiger partial charge in [-0.05, 0) is 37.7 Å². The minimum atomic E-state index is -0.449. The van der Waals surface area contributed by atoms with Crippen LogP contribution in [0, 0.1) is 17.5 Å². The maximum Gasteiger partial charge on any atom is 0.178 e. The van der Waals surface area contributed by atoms with Crippen molar-refractivity contribution in [3.63, 3.8) is 0 Å². The molecule has 5 heteroatoms. The average molecular weight is 321 g/mol. The molecule has 108 valence electrons. The summed E-state index contributed by atoms with van der Waals surface area (Å²) in [5.74, 6) is -0.449. The molecule has 0 aliphatic heterocycles. The zero-order valence-electron chi connectivity index (χ0n) is 11.7. The molecule has 1 heterocycles. The summed E-state index contributed by atoms with van der Waals surface area (Å²) in [5.41, 5.74) is 3.80. The summed E-state index contributed by atoms with van der Waals surface area (Å²) in [6.45, 7) is 4.11. The Kier molecular flexibility index (Phi) is 3.59. The Hall–Kier alpha value is -1.65. The number of imidazole rings is 1. The van der Waals surface area contributed by atoms with Gasteiger partial charge in [0.25, 0.3) is 0 Å². The van der Waals surface area contributed by atoms with Crippen molar-refractivity contribution in [1.29, 1.82) is 0 Å². The predicted molar refractivity (Wildman–Crippen MR) is 87.1 cm³/mol. The Morgan fingerprint density at radius 2 is 1.90 bits per heavy atom. The van der Waals surface area contributed by atoms with E-state index in [-0.39, 0.29) is 11.1 Å². The fourth-order valence-corrected chi connectivity index (χ4v) is 3.02. The molecule has 0 spiro atoms. The molecule has 0 radical (unpaired) electrons. The van der Waals surface area contributed by atoms with Crippen molar-refractivity contribution in [2.24, 2.45) is 0 Å². The number of fused-ring (bicyclic) bond motifs is 1. The molecule has 0 fully saturated rings. The van der Waals surface area contributed by atoms with Gasteiger partial charge in [0.15, 0.2) is 4.77 Å². The highest BCUT2D eigenvalue weighted by atomic mass is 35.5. The van der Waals surface area contributed by atoms with E-state index in [2.05, 4.69) is 36.2 Å². The van der Waals surface area contributed by atoms with Crippen LogP contribution < -0.4 is 0 Å². The van der Waals surface area contributed by atoms with Gasteiger partial charge in [-0.1, -0.05) is 41.4 Å². The normalized spacial score (nSPS) is 12.8. The lowest BCUT2D eigenvalue weighted by molar-refractivity contribution is 0.628. The fraction of sp³-hybridized carbons (Fsp3) is 0.188. The van der Waals surface area contributed by atoms with E-state index in [1.165, 1.54) is 11.6 Å². The van der Waals surface area contributed by atoms with Crippen LogP contribution in [0.2, 0.25) is 5.02 Å². The third kappa shape index (κ3) is 2.49. The topological polar surface area (TPSA) is 20.7 Å². The number of aromatic amines is 1. The second-order valence-corrected chi connectivity index (χ2v) is 5.96. The third-order valence-electron chi connectivity index (χ3n) is 3.71. The maximum absolute atomic E-state index is 13.6. The quantitative estimate of drug-likeness (QED) is 0.626. The zero-order chi connectivity index (χ0) is 15.1. The van der Waals surface area contributed by atoms with E-state index in [4.69, 9.17) is 23.8 Å². The number of H-pyrrole nitrogens is 1. The Morgan fingerprint density at radius 1 is 1.24 bits per heavy atom. The van der Waals surface area contributed by atoms with Crippen LogP contribution in [0.15, 0.2) is 36.4 Å². The molecule has 0 amide bonds. The number of aromatic nitrogens is 2. The number of benzene rings is 2. The van der Waals surface area contributed by atoms with Gasteiger partial charge in [-0.25, -0.2) is 4.39 Å². The standard InChI is InChI=1S/C16H14ClFN2S/c1-9-3-5-11(6-4-9)10(2)20-15-7-12(17)13(18)8-14(15)19-16(20)21/h3-8,10H,1-2H3,(H,19,21). The van der Waals surface area contributed by atoms with Crippen LogP contribution in [0.1, 0.15) is 24.1 Å². The fourth-order valence-electron chi connectivity index (χ4n) is 2.50. The molecular formula is C16H14ClFN2S. The number of rotatable bonds is 2. The second kappa shape index (κ2) is 5.28. The van der Waals surface area contributed by atoms with Gasteiger partial charge in [0.2, 0.25) is 0 Å². The van der Waals surface area contributed by atoms with Gasteiger partial charge in [-0.2, -0.15) is 0 Å². The number of aryl methyl sites for hydroxylation is 1. The van der Waals surface area contributed by atoms with Crippen LogP contribution in [0.25, 0.3) is 11.0 Å². The Labute approximate surface area is 132 Å². The van der Waals surface area contributed by atoms with Gasteiger partial charge in [0.05, 0.1) is 22.1 Å². The predicted octanol–water partition coefficient (Wildman–Crippen LogP) is 5.41. The number of halogens is 2. The lowest BCUT2D eigenvalue weighted by Gasteiger charge is -2.15. The molecule has 0 bridgehead atoms. The van der Waals surface area contributed by atoms with Crippen LogP contribution in [0.5, 0.6) is 0 Å². The van der Waals surface area contributed by atoms with Crippen molar-refractivity contribution in [3.8, 4) is 0 Å². The number of nitrogens with one attached hydrogen (secondary N) is 1. The maximum atomic E-state index is 13.6. The van der Waals surface area contributed by atoms with Gasteiger partial charge in [0, 0.05) is 6.07 Å². The molecule has 1 aromatic heterocycles. The summed E-state index contributed by atoms with van der Waals surface area (Å²) in [4.78, 5) is 3.04. The van der Waals surface area contributed by atoms with E-state index in [9.17, 15) is 4.39 Å². The summed E-state index contributed by atoms with van der Waals surface area (Å²) >= 11 is 11.3. The number of hydrogen-bond donors (Lipinski definition) is 1. The highest BCUT2D eigenvalue weighted by Gasteiger charge is 2.15. The van der Waals surface area contributed by atoms with Crippen LogP contribution in [-0.4, -0.2) is 9.55 Å². The first-order chi connectivity index (χ1) is 9.97. The van der Waals surface area contributed by atoms with E-state index in [0.717, 1.165) is 11.1 Å². The van der Waals surface area contributed by atoms with Crippen LogP contribution in [0.3, 0.4) is 0 Å². The molecule has 0 saturated heterocycles. The highest BCUT2D eigenvalue weighted by Crippen LogP contribution is 2.28. The molecule has 0 saturated carbocycles. The largest absolute Gasteiger partial charge is 0.330 e. The average Bonchev–Trinajstić information content (AvgIpc) is 2.75. The van der Waals surface area contributed by atoms with E-state index in [1.54, 1.807) is 6.07 Å². The van der Waals surface area contributed by atoms with Gasteiger partial charge in [0.1, 0.15) is 5.82 Å². The molecular weight excluding hydrogens is 307 g/mol. The molecule has 2 aromatic carbocycles. The highest BCUT2D eigenvalue weighted by molar-refractivity contribution is 7.71. The van der Waals surface area contributed by atoms with E-state index >= 15 is 0 Å². The van der Waals surface area contributed by atoms with Crippen molar-refractivity contribution in [3.05, 3.63) is 63.1 Å². The summed E-state index contributed by atoms with van der Waals surface area (Å²) in [5, 5.41) is 0.0985. The monoisotopic (exact) mass is 320 g/mol. The lowest BCUT2D eigenvalue weighted by atomic mass is 10.1. The SMILES string of the molecule is Cc1ccc(C(C)n2c(=S)[nH]c3cc(F)c(Cl)cc32)cc1. The van der Waals surface area contributed by atoms with Crippen LogP contribution in [-0.2, 0) is 0 Å². The summed E-state index contributed by atoms with van der Waals surface area (Å²) in [7, 11) is 0. The molecule has 1 N–H and O–H groups in total. The lowest BCUT2D eigenvalue weighted by Crippen LogP contribution is -2.06. The number of hydrogen-bond acceptors (Lipinski definition) is 1. The van der Waals surface area contributed by atoms with Crippen LogP contribution in [0.4, 0.5) is 4.39 Å². The van der Waals surface area contributed by atoms with Crippen molar-refractivity contribution in [2.75, 3.05) is 0 Å². The Morgan fingerprint density at radius 3 is 2.57 bits per heavy atom. The molecule has 0 aliphatic rings. The smallest absolute Gasteiger partial charge is 0.178 e. The van der Waals surface area contributed by atoms with Crippen LogP contribution >= 0.6 is 23.8 Å². The second-order valence-electron chi connectivity index (χ2n) is 5.17. The molecule has 21 heavy (non-hydrogen) atoms. The van der Waals surface area contributed by atoms with E-state index in [1.807, 2.05) is 11.5 Å². The minimum absolute atomic E-state index is 0.0355. The van der Waals surface area contributed by atoms with Gasteiger partial charge in [-0.3, -0.25) is 0 Å². The van der Waals surface area contributed by atoms with Crippen molar-refractivity contribution in [1.82, 2.24) is 9.55 Å². The summed E-state index contributed by atoms with van der Waals surface area (Å²) in [6.07, 6.45) is 0. The van der Waals surface area contributed by atoms with Gasteiger partial charge in [-0.15, -0.1) is 0 Å². The molecule has 3 aromatic rings. The van der Waals surface area contributed by atoms with Gasteiger partial charge < -0.3 is 9.55 Å². The zero-order valence-corrected chi connectivity index (χ0v) is 13.2. The first-order valence-electron chi connectivity index (χ1n) is 6.63. The third-order valence-corrected chi connectivity index (χ3v) is 4.29. The Bertz CT molecular complexity index is 864. The van der Waals surface area contributed by atoms with Crippen molar-refractivity contribution < 1.29 is 4.39 Å². The first-order valence-corrected chi connectivity index (χ1v) is 7.42. The van der Waals surface area contributed by atoms with Crippen molar-refractivity contribution in [2.45, 2.75) is 19.9 Å². The van der Waals surface area contributed by atoms with Crippen molar-refractivity contribution >= 4 is 34.9 Å². The number of nitrogens with zero attached hydrogens (tertiary/aromatic N) is 1. The molecule has 3 rings (SSSR count). The molecule has 1 atom stereocenters.